The maximum absolute atomic E-state index is 13.7. The van der Waals surface area contributed by atoms with Crippen LogP contribution in [0.4, 0.5) is 0 Å². The maximum atomic E-state index is 13.7. The van der Waals surface area contributed by atoms with Gasteiger partial charge in [-0.05, 0) is 57.2 Å². The third-order valence-electron chi connectivity index (χ3n) is 7.55. The van der Waals surface area contributed by atoms with Gasteiger partial charge in [-0.15, -0.1) is 0 Å². The lowest BCUT2D eigenvalue weighted by Gasteiger charge is -2.47. The van der Waals surface area contributed by atoms with Crippen LogP contribution in [0, 0.1) is 0 Å². The van der Waals surface area contributed by atoms with Crippen molar-refractivity contribution in [2.45, 2.75) is 69.6 Å². The van der Waals surface area contributed by atoms with Crippen LogP contribution >= 0.6 is 0 Å². The molecule has 3 aromatic rings. The number of benzene rings is 1. The Morgan fingerprint density at radius 1 is 1.00 bits per heavy atom. The lowest BCUT2D eigenvalue weighted by Crippen LogP contribution is -2.51. The highest BCUT2D eigenvalue weighted by atomic mass is 16.1. The molecule has 0 saturated carbocycles. The van der Waals surface area contributed by atoms with E-state index < -0.39 is 0 Å². The number of nitrogens with zero attached hydrogens (tertiary/aromatic N) is 3. The van der Waals surface area contributed by atoms with E-state index in [1.165, 1.54) is 35.9 Å². The summed E-state index contributed by atoms with van der Waals surface area (Å²) in [6.07, 6.45) is 10.6. The summed E-state index contributed by atoms with van der Waals surface area (Å²) < 4.78 is 4.52. The molecule has 3 aliphatic rings. The van der Waals surface area contributed by atoms with Crippen molar-refractivity contribution in [3.05, 3.63) is 46.4 Å². The summed E-state index contributed by atoms with van der Waals surface area (Å²) in [7, 11) is 2.29. The van der Waals surface area contributed by atoms with Gasteiger partial charge in [0.1, 0.15) is 0 Å². The SMILES string of the molecule is CN1[C@@H]2CCC[C@H]1C[C@H](n1cc3c4c(c1=O)c1ccccc1n4CCC3)C2. The van der Waals surface area contributed by atoms with Gasteiger partial charge in [-0.25, -0.2) is 0 Å². The summed E-state index contributed by atoms with van der Waals surface area (Å²) >= 11 is 0. The Morgan fingerprint density at radius 3 is 2.59 bits per heavy atom. The lowest BCUT2D eigenvalue weighted by molar-refractivity contribution is 0.0392. The number of fused-ring (bicyclic) bond motifs is 5. The smallest absolute Gasteiger partial charge is 0.260 e. The first kappa shape index (κ1) is 15.9. The Hall–Kier alpha value is -2.07. The Morgan fingerprint density at radius 2 is 1.78 bits per heavy atom. The quantitative estimate of drug-likeness (QED) is 0.653. The Balaban J connectivity index is 1.58. The number of aromatic nitrogens is 2. The van der Waals surface area contributed by atoms with Crippen LogP contribution in [0.5, 0.6) is 0 Å². The molecule has 6 rings (SSSR count). The average molecular weight is 361 g/mol. The molecule has 4 heteroatoms. The van der Waals surface area contributed by atoms with E-state index in [0.29, 0.717) is 18.1 Å². The van der Waals surface area contributed by atoms with Crippen LogP contribution in [0.3, 0.4) is 0 Å². The molecule has 0 radical (unpaired) electrons. The third kappa shape index (κ3) is 2.16. The van der Waals surface area contributed by atoms with E-state index in [2.05, 4.69) is 51.5 Å². The van der Waals surface area contributed by atoms with Gasteiger partial charge in [0.2, 0.25) is 0 Å². The molecule has 2 fully saturated rings. The van der Waals surface area contributed by atoms with Crippen molar-refractivity contribution in [1.29, 1.82) is 0 Å². The normalized spacial score (nSPS) is 28.1. The first-order chi connectivity index (χ1) is 13.2. The standard InChI is InChI=1S/C23H27N3O/c1-24-16-7-4-8-17(24)13-18(12-16)26-14-15-6-5-11-25-20-10-3-2-9-19(20)21(22(15)25)23(26)27/h2-3,9-10,14,16-18H,4-8,11-13H2,1H3/t16-,17+,18-. The number of hydrogen-bond donors (Lipinski definition) is 0. The van der Waals surface area contributed by atoms with E-state index in [9.17, 15) is 4.79 Å². The fourth-order valence-corrected chi connectivity index (χ4v) is 6.20. The van der Waals surface area contributed by atoms with Crippen molar-refractivity contribution in [2.24, 2.45) is 0 Å². The molecule has 2 bridgehead atoms. The molecule has 0 N–H and O–H groups in total. The van der Waals surface area contributed by atoms with Crippen molar-refractivity contribution in [1.82, 2.24) is 14.0 Å². The van der Waals surface area contributed by atoms with Gasteiger partial charge in [-0.1, -0.05) is 24.6 Å². The third-order valence-corrected chi connectivity index (χ3v) is 7.55. The second-order valence-electron chi connectivity index (χ2n) is 8.89. The second-order valence-corrected chi connectivity index (χ2v) is 8.89. The maximum Gasteiger partial charge on any atom is 0.260 e. The minimum absolute atomic E-state index is 0.234. The largest absolute Gasteiger partial charge is 0.340 e. The van der Waals surface area contributed by atoms with Crippen LogP contribution in [0.15, 0.2) is 35.3 Å². The zero-order valence-corrected chi connectivity index (χ0v) is 16.0. The Kier molecular flexibility index (Phi) is 3.37. The molecule has 0 aliphatic carbocycles. The van der Waals surface area contributed by atoms with Gasteiger partial charge in [-0.3, -0.25) is 4.79 Å². The van der Waals surface area contributed by atoms with E-state index in [1.807, 2.05) is 0 Å². The molecule has 1 aromatic carbocycles. The van der Waals surface area contributed by atoms with Crippen LogP contribution in [-0.2, 0) is 13.0 Å². The fraction of sp³-hybridized carbons (Fsp3) is 0.522. The van der Waals surface area contributed by atoms with Crippen molar-refractivity contribution < 1.29 is 0 Å². The summed E-state index contributed by atoms with van der Waals surface area (Å²) in [5.74, 6) is 0. The predicted octanol–water partition coefficient (Wildman–Crippen LogP) is 4.09. The Bertz CT molecular complexity index is 1090. The molecule has 2 aromatic heterocycles. The van der Waals surface area contributed by atoms with E-state index >= 15 is 0 Å². The van der Waals surface area contributed by atoms with Crippen molar-refractivity contribution in [2.75, 3.05) is 7.05 Å². The van der Waals surface area contributed by atoms with Crippen molar-refractivity contribution in [3.8, 4) is 0 Å². The minimum atomic E-state index is 0.234. The van der Waals surface area contributed by atoms with Gasteiger partial charge in [-0.2, -0.15) is 0 Å². The fourth-order valence-electron chi connectivity index (χ4n) is 6.20. The molecule has 5 heterocycles. The zero-order valence-electron chi connectivity index (χ0n) is 16.0. The first-order valence-corrected chi connectivity index (χ1v) is 10.6. The van der Waals surface area contributed by atoms with E-state index in [1.54, 1.807) is 0 Å². The summed E-state index contributed by atoms with van der Waals surface area (Å²) in [5.41, 5.74) is 4.04. The topological polar surface area (TPSA) is 30.2 Å². The molecular formula is C23H27N3O. The predicted molar refractivity (Wildman–Crippen MR) is 109 cm³/mol. The molecule has 3 atom stereocenters. The van der Waals surface area contributed by atoms with Crippen LogP contribution in [0.2, 0.25) is 0 Å². The first-order valence-electron chi connectivity index (χ1n) is 10.6. The van der Waals surface area contributed by atoms with Crippen LogP contribution in [0.25, 0.3) is 21.8 Å². The molecule has 0 unspecified atom stereocenters. The molecule has 3 aliphatic heterocycles. The summed E-state index contributed by atoms with van der Waals surface area (Å²) in [6.45, 7) is 1.03. The number of rotatable bonds is 1. The highest BCUT2D eigenvalue weighted by Crippen LogP contribution is 2.39. The summed E-state index contributed by atoms with van der Waals surface area (Å²) in [6, 6.07) is 10.1. The summed E-state index contributed by atoms with van der Waals surface area (Å²) in [4.78, 5) is 16.3. The lowest BCUT2D eigenvalue weighted by atomic mass is 9.82. The van der Waals surface area contributed by atoms with Gasteiger partial charge in [0.05, 0.1) is 10.9 Å². The summed E-state index contributed by atoms with van der Waals surface area (Å²) in [5, 5.41) is 2.11. The number of aryl methyl sites for hydroxylation is 2. The zero-order chi connectivity index (χ0) is 18.1. The molecule has 0 amide bonds. The van der Waals surface area contributed by atoms with Crippen molar-refractivity contribution >= 4 is 21.8 Å². The van der Waals surface area contributed by atoms with Crippen LogP contribution in [-0.4, -0.2) is 33.2 Å². The van der Waals surface area contributed by atoms with E-state index in [-0.39, 0.29) is 5.56 Å². The number of hydrogen-bond acceptors (Lipinski definition) is 2. The highest BCUT2D eigenvalue weighted by Gasteiger charge is 2.37. The molecule has 0 spiro atoms. The monoisotopic (exact) mass is 361 g/mol. The molecule has 27 heavy (non-hydrogen) atoms. The molecular weight excluding hydrogens is 334 g/mol. The Labute approximate surface area is 159 Å². The molecule has 2 saturated heterocycles. The minimum Gasteiger partial charge on any atom is -0.340 e. The molecule has 140 valence electrons. The van der Waals surface area contributed by atoms with Crippen LogP contribution in [0.1, 0.15) is 50.1 Å². The molecule has 4 nitrogen and oxygen atoms in total. The number of piperidine rings is 2. The van der Waals surface area contributed by atoms with Gasteiger partial charge in [0, 0.05) is 41.8 Å². The van der Waals surface area contributed by atoms with Gasteiger partial charge < -0.3 is 14.0 Å². The van der Waals surface area contributed by atoms with Crippen LogP contribution < -0.4 is 5.56 Å². The number of para-hydroxylation sites is 1. The van der Waals surface area contributed by atoms with E-state index in [0.717, 1.165) is 43.0 Å². The second kappa shape index (κ2) is 5.71. The van der Waals surface area contributed by atoms with E-state index in [4.69, 9.17) is 0 Å². The van der Waals surface area contributed by atoms with Crippen molar-refractivity contribution in [3.63, 3.8) is 0 Å². The highest BCUT2D eigenvalue weighted by molar-refractivity contribution is 6.08. The van der Waals surface area contributed by atoms with Gasteiger partial charge in [0.15, 0.2) is 0 Å². The average Bonchev–Trinajstić information content (AvgIpc) is 3.01. The van der Waals surface area contributed by atoms with Gasteiger partial charge >= 0.3 is 0 Å². The van der Waals surface area contributed by atoms with Gasteiger partial charge in [0.25, 0.3) is 5.56 Å². The number of pyridine rings is 1.